The van der Waals surface area contributed by atoms with Crippen LogP contribution >= 0.6 is 0 Å². The van der Waals surface area contributed by atoms with Gasteiger partial charge in [-0.3, -0.25) is 4.79 Å². The molecule has 0 unspecified atom stereocenters. The third kappa shape index (κ3) is 1.07. The predicted molar refractivity (Wildman–Crippen MR) is 56.8 cm³/mol. The van der Waals surface area contributed by atoms with Gasteiger partial charge in [0.2, 0.25) is 5.75 Å². The Labute approximate surface area is 93.1 Å². The van der Waals surface area contributed by atoms with Crippen LogP contribution in [0.4, 0.5) is 0 Å². The van der Waals surface area contributed by atoms with Crippen LogP contribution in [0.2, 0.25) is 0 Å². The van der Waals surface area contributed by atoms with Crippen molar-refractivity contribution < 1.29 is 19.0 Å². The van der Waals surface area contributed by atoms with Crippen LogP contribution in [-0.4, -0.2) is 26.6 Å². The molecular formula is C12H12O4. The summed E-state index contributed by atoms with van der Waals surface area (Å²) in [5.74, 6) is 2.01. The lowest BCUT2D eigenvalue weighted by atomic mass is 9.97. The lowest BCUT2D eigenvalue weighted by Crippen LogP contribution is -1.98. The molecule has 4 heteroatoms. The molecule has 2 aliphatic rings. The zero-order chi connectivity index (χ0) is 11.1. The molecule has 0 saturated carbocycles. The molecule has 0 bridgehead atoms. The van der Waals surface area contributed by atoms with E-state index in [9.17, 15) is 4.79 Å². The van der Waals surface area contributed by atoms with Gasteiger partial charge in [-0.25, -0.2) is 0 Å². The summed E-state index contributed by atoms with van der Waals surface area (Å²) in [4.78, 5) is 11.2. The summed E-state index contributed by atoms with van der Waals surface area (Å²) in [5.41, 5.74) is 2.67. The summed E-state index contributed by atoms with van der Waals surface area (Å²) in [6.45, 7) is 1.21. The maximum absolute atomic E-state index is 11.2. The molecule has 0 saturated heterocycles. The monoisotopic (exact) mass is 220 g/mol. The molecule has 0 fully saturated rings. The van der Waals surface area contributed by atoms with Crippen LogP contribution in [-0.2, 0) is 12.8 Å². The van der Waals surface area contributed by atoms with Crippen molar-refractivity contribution in [3.05, 3.63) is 16.7 Å². The summed E-state index contributed by atoms with van der Waals surface area (Å²) < 4.78 is 16.4. The van der Waals surface area contributed by atoms with Crippen molar-refractivity contribution in [2.75, 3.05) is 20.3 Å². The van der Waals surface area contributed by atoms with Crippen molar-refractivity contribution in [2.45, 2.75) is 12.8 Å². The first-order valence-electron chi connectivity index (χ1n) is 5.33. The van der Waals surface area contributed by atoms with Crippen LogP contribution in [0.1, 0.15) is 21.5 Å². The van der Waals surface area contributed by atoms with Crippen LogP contribution in [0.3, 0.4) is 0 Å². The van der Waals surface area contributed by atoms with Crippen LogP contribution in [0, 0.1) is 0 Å². The SMILES string of the molecule is COc1c2c(c(C=O)c3c1OCC3)CCO2. The van der Waals surface area contributed by atoms with Gasteiger partial charge in [-0.15, -0.1) is 0 Å². The van der Waals surface area contributed by atoms with Crippen LogP contribution in [0.25, 0.3) is 0 Å². The molecule has 1 aromatic carbocycles. The Balaban J connectivity index is 2.33. The van der Waals surface area contributed by atoms with Crippen LogP contribution in [0.5, 0.6) is 17.2 Å². The summed E-state index contributed by atoms with van der Waals surface area (Å²) in [6, 6.07) is 0. The second kappa shape index (κ2) is 3.40. The standard InChI is InChI=1S/C12H12O4/c1-14-12-10-7(2-4-15-10)9(6-13)8-3-5-16-11(8)12/h6H,2-5H2,1H3. The van der Waals surface area contributed by atoms with Crippen molar-refractivity contribution in [3.63, 3.8) is 0 Å². The highest BCUT2D eigenvalue weighted by Gasteiger charge is 2.31. The fourth-order valence-electron chi connectivity index (χ4n) is 2.44. The number of methoxy groups -OCH3 is 1. The minimum absolute atomic E-state index is 0.607. The van der Waals surface area contributed by atoms with E-state index < -0.39 is 0 Å². The minimum atomic E-state index is 0.607. The number of carbonyl (C=O) groups is 1. The van der Waals surface area contributed by atoms with Gasteiger partial charge in [-0.1, -0.05) is 0 Å². The molecule has 0 radical (unpaired) electrons. The minimum Gasteiger partial charge on any atom is -0.490 e. The molecule has 2 heterocycles. The Hall–Kier alpha value is -1.71. The first-order valence-corrected chi connectivity index (χ1v) is 5.33. The van der Waals surface area contributed by atoms with Crippen molar-refractivity contribution in [1.82, 2.24) is 0 Å². The number of rotatable bonds is 2. The van der Waals surface area contributed by atoms with Crippen molar-refractivity contribution in [1.29, 1.82) is 0 Å². The zero-order valence-electron chi connectivity index (χ0n) is 9.04. The molecule has 0 aromatic heterocycles. The predicted octanol–water partition coefficient (Wildman–Crippen LogP) is 1.38. The molecule has 4 nitrogen and oxygen atoms in total. The van der Waals surface area contributed by atoms with Crippen molar-refractivity contribution in [3.8, 4) is 17.2 Å². The highest BCUT2D eigenvalue weighted by Crippen LogP contribution is 2.49. The number of carbonyl (C=O) groups excluding carboxylic acids is 1. The fourth-order valence-corrected chi connectivity index (χ4v) is 2.44. The van der Waals surface area contributed by atoms with E-state index in [0.717, 1.165) is 35.8 Å². The van der Waals surface area contributed by atoms with E-state index >= 15 is 0 Å². The normalized spacial score (nSPS) is 16.1. The van der Waals surface area contributed by atoms with Gasteiger partial charge < -0.3 is 14.2 Å². The van der Waals surface area contributed by atoms with Gasteiger partial charge in [0.1, 0.15) is 0 Å². The first-order chi connectivity index (χ1) is 7.86. The van der Waals surface area contributed by atoms with Gasteiger partial charge in [0.05, 0.1) is 20.3 Å². The number of hydrogen-bond donors (Lipinski definition) is 0. The van der Waals surface area contributed by atoms with Gasteiger partial charge in [-0.05, 0) is 0 Å². The topological polar surface area (TPSA) is 44.8 Å². The van der Waals surface area contributed by atoms with E-state index in [0.29, 0.717) is 30.5 Å². The molecule has 84 valence electrons. The van der Waals surface area contributed by atoms with Gasteiger partial charge >= 0.3 is 0 Å². The Morgan fingerprint density at radius 3 is 2.12 bits per heavy atom. The summed E-state index contributed by atoms with van der Waals surface area (Å²) in [5, 5.41) is 0. The van der Waals surface area contributed by atoms with Crippen LogP contribution in [0.15, 0.2) is 0 Å². The van der Waals surface area contributed by atoms with E-state index in [1.165, 1.54) is 0 Å². The van der Waals surface area contributed by atoms with Gasteiger partial charge in [0, 0.05) is 29.5 Å². The molecule has 0 N–H and O–H groups in total. The Morgan fingerprint density at radius 1 is 1.12 bits per heavy atom. The molecule has 0 aliphatic carbocycles. The summed E-state index contributed by atoms with van der Waals surface area (Å²) in [7, 11) is 1.60. The van der Waals surface area contributed by atoms with Gasteiger partial charge in [-0.2, -0.15) is 0 Å². The highest BCUT2D eigenvalue weighted by molar-refractivity contribution is 5.86. The van der Waals surface area contributed by atoms with E-state index in [2.05, 4.69) is 0 Å². The lowest BCUT2D eigenvalue weighted by Gasteiger charge is -2.13. The van der Waals surface area contributed by atoms with E-state index in [-0.39, 0.29) is 0 Å². The third-order valence-electron chi connectivity index (χ3n) is 3.13. The van der Waals surface area contributed by atoms with E-state index in [1.54, 1.807) is 7.11 Å². The molecule has 0 spiro atoms. The first kappa shape index (κ1) is 9.51. The molecule has 0 atom stereocenters. The van der Waals surface area contributed by atoms with Crippen LogP contribution < -0.4 is 14.2 Å². The largest absolute Gasteiger partial charge is 0.490 e. The Bertz CT molecular complexity index is 430. The maximum Gasteiger partial charge on any atom is 0.203 e. The molecule has 1 aromatic rings. The molecular weight excluding hydrogens is 208 g/mol. The average molecular weight is 220 g/mol. The molecule has 16 heavy (non-hydrogen) atoms. The smallest absolute Gasteiger partial charge is 0.203 e. The number of fused-ring (bicyclic) bond motifs is 2. The number of ether oxygens (including phenoxy) is 3. The second-order valence-electron chi connectivity index (χ2n) is 3.88. The van der Waals surface area contributed by atoms with Crippen molar-refractivity contribution >= 4 is 6.29 Å². The fraction of sp³-hybridized carbons (Fsp3) is 0.417. The second-order valence-corrected chi connectivity index (χ2v) is 3.88. The number of aldehydes is 1. The lowest BCUT2D eigenvalue weighted by molar-refractivity contribution is 0.112. The Kier molecular flexibility index (Phi) is 2.02. The maximum atomic E-state index is 11.2. The Morgan fingerprint density at radius 2 is 1.69 bits per heavy atom. The number of hydrogen-bond acceptors (Lipinski definition) is 4. The zero-order valence-corrected chi connectivity index (χ0v) is 9.04. The molecule has 3 rings (SSSR count). The molecule has 0 amide bonds. The summed E-state index contributed by atoms with van der Waals surface area (Å²) >= 11 is 0. The van der Waals surface area contributed by atoms with Crippen molar-refractivity contribution in [2.24, 2.45) is 0 Å². The van der Waals surface area contributed by atoms with Gasteiger partial charge in [0.25, 0.3) is 0 Å². The quantitative estimate of drug-likeness (QED) is 0.706. The third-order valence-corrected chi connectivity index (χ3v) is 3.13. The van der Waals surface area contributed by atoms with E-state index in [4.69, 9.17) is 14.2 Å². The number of benzene rings is 1. The van der Waals surface area contributed by atoms with Gasteiger partial charge in [0.15, 0.2) is 17.8 Å². The average Bonchev–Trinajstić information content (AvgIpc) is 2.93. The molecule has 2 aliphatic heterocycles. The summed E-state index contributed by atoms with van der Waals surface area (Å²) in [6.07, 6.45) is 2.44. The van der Waals surface area contributed by atoms with E-state index in [1.807, 2.05) is 0 Å². The highest BCUT2D eigenvalue weighted by atomic mass is 16.5.